The van der Waals surface area contributed by atoms with Crippen molar-refractivity contribution in [2.75, 3.05) is 12.9 Å². The fourth-order valence-corrected chi connectivity index (χ4v) is 5.13. The number of rotatable bonds is 1. The Labute approximate surface area is 108 Å². The fourth-order valence-electron chi connectivity index (χ4n) is 2.83. The second-order valence-electron chi connectivity index (χ2n) is 5.76. The zero-order chi connectivity index (χ0) is 13.6. The van der Waals surface area contributed by atoms with Gasteiger partial charge in [-0.15, -0.1) is 0 Å². The molecule has 0 aromatic carbocycles. The van der Waals surface area contributed by atoms with E-state index in [9.17, 15) is 13.2 Å². The molecule has 1 unspecified atom stereocenters. The largest absolute Gasteiger partial charge is 0.465 e. The number of methoxy groups -OCH3 is 1. The first-order chi connectivity index (χ1) is 8.25. The number of hydrogen-bond acceptors (Lipinski definition) is 4. The molecule has 2 aliphatic rings. The third-order valence-electron chi connectivity index (χ3n) is 3.48. The maximum atomic E-state index is 12.2. The molecule has 1 aliphatic heterocycles. The van der Waals surface area contributed by atoms with E-state index in [1.165, 1.54) is 13.2 Å². The molecule has 0 N–H and O–H groups in total. The molecule has 18 heavy (non-hydrogen) atoms. The Hall–Kier alpha value is -1.10. The predicted molar refractivity (Wildman–Crippen MR) is 68.5 cm³/mol. The first kappa shape index (κ1) is 13.3. The molecule has 0 aromatic rings. The van der Waals surface area contributed by atoms with E-state index < -0.39 is 15.8 Å². The van der Waals surface area contributed by atoms with Crippen LogP contribution in [-0.2, 0) is 19.4 Å². The number of esters is 1. The van der Waals surface area contributed by atoms with Crippen LogP contribution in [-0.4, -0.2) is 27.2 Å². The number of sulfone groups is 1. The first-order valence-electron chi connectivity index (χ1n) is 5.98. The maximum absolute atomic E-state index is 12.2. The highest BCUT2D eigenvalue weighted by Crippen LogP contribution is 2.44. The summed E-state index contributed by atoms with van der Waals surface area (Å²) in [4.78, 5) is 11.9. The molecule has 2 rings (SSSR count). The molecular weight excluding hydrogens is 252 g/mol. The van der Waals surface area contributed by atoms with Crippen LogP contribution >= 0.6 is 0 Å². The normalized spacial score (nSPS) is 28.7. The van der Waals surface area contributed by atoms with Crippen molar-refractivity contribution < 1.29 is 17.9 Å². The highest BCUT2D eigenvalue weighted by atomic mass is 32.2. The lowest BCUT2D eigenvalue weighted by molar-refractivity contribution is -0.135. The zero-order valence-electron chi connectivity index (χ0n) is 10.9. The molecule has 100 valence electrons. The molecule has 0 aromatic heterocycles. The van der Waals surface area contributed by atoms with Gasteiger partial charge in [0.25, 0.3) is 0 Å². The minimum Gasteiger partial charge on any atom is -0.465 e. The van der Waals surface area contributed by atoms with Gasteiger partial charge >= 0.3 is 5.97 Å². The summed E-state index contributed by atoms with van der Waals surface area (Å²) in [5.41, 5.74) is 0.157. The van der Waals surface area contributed by atoms with E-state index in [-0.39, 0.29) is 17.1 Å². The van der Waals surface area contributed by atoms with Gasteiger partial charge in [0.1, 0.15) is 0 Å². The summed E-state index contributed by atoms with van der Waals surface area (Å²) in [6, 6.07) is 0. The number of allylic oxidation sites excluding steroid dienone is 2. The van der Waals surface area contributed by atoms with Crippen molar-refractivity contribution in [3.63, 3.8) is 0 Å². The summed E-state index contributed by atoms with van der Waals surface area (Å²) in [5.74, 6) is -0.315. The summed E-state index contributed by atoms with van der Waals surface area (Å²) >= 11 is 0. The van der Waals surface area contributed by atoms with Crippen LogP contribution in [0.4, 0.5) is 0 Å². The summed E-state index contributed by atoms with van der Waals surface area (Å²) in [6.45, 7) is 3.95. The Kier molecular flexibility index (Phi) is 3.13. The summed E-state index contributed by atoms with van der Waals surface area (Å²) < 4.78 is 29.1. The molecule has 0 saturated carbocycles. The first-order valence-corrected chi connectivity index (χ1v) is 7.63. The minimum absolute atomic E-state index is 0.00663. The maximum Gasteiger partial charge on any atom is 0.337 e. The molecule has 0 spiro atoms. The zero-order valence-corrected chi connectivity index (χ0v) is 11.7. The lowest BCUT2D eigenvalue weighted by atomic mass is 9.80. The van der Waals surface area contributed by atoms with Gasteiger partial charge in [-0.1, -0.05) is 19.9 Å². The van der Waals surface area contributed by atoms with Gasteiger partial charge in [0.05, 0.1) is 18.4 Å². The molecule has 0 amide bonds. The van der Waals surface area contributed by atoms with Gasteiger partial charge in [-0.25, -0.2) is 13.2 Å². The minimum atomic E-state index is -3.25. The quantitative estimate of drug-likeness (QED) is 0.682. The number of ether oxygens (including phenoxy) is 1. The summed E-state index contributed by atoms with van der Waals surface area (Å²) in [5, 5.41) is 0. The Morgan fingerprint density at radius 2 is 2.11 bits per heavy atom. The van der Waals surface area contributed by atoms with Crippen LogP contribution in [0, 0.1) is 11.3 Å². The van der Waals surface area contributed by atoms with Crippen molar-refractivity contribution in [1.82, 2.24) is 0 Å². The van der Waals surface area contributed by atoms with Crippen molar-refractivity contribution in [3.05, 3.63) is 22.6 Å². The summed E-state index contributed by atoms with van der Waals surface area (Å²) in [7, 11) is -1.96. The van der Waals surface area contributed by atoms with Gasteiger partial charge in [0, 0.05) is 4.91 Å². The molecule has 4 nitrogen and oxygen atoms in total. The topological polar surface area (TPSA) is 60.4 Å². The van der Waals surface area contributed by atoms with E-state index in [1.807, 2.05) is 13.8 Å². The Morgan fingerprint density at radius 3 is 2.72 bits per heavy atom. The average Bonchev–Trinajstić information content (AvgIpc) is 2.25. The van der Waals surface area contributed by atoms with Crippen molar-refractivity contribution in [3.8, 4) is 0 Å². The molecule has 5 heteroatoms. The lowest BCUT2D eigenvalue weighted by Crippen LogP contribution is -2.36. The van der Waals surface area contributed by atoms with E-state index >= 15 is 0 Å². The highest BCUT2D eigenvalue weighted by Gasteiger charge is 2.41. The third kappa shape index (κ3) is 2.36. The van der Waals surface area contributed by atoms with Crippen molar-refractivity contribution in [2.24, 2.45) is 11.3 Å². The van der Waals surface area contributed by atoms with E-state index in [4.69, 9.17) is 0 Å². The second-order valence-corrected chi connectivity index (χ2v) is 7.75. The molecule has 1 aliphatic carbocycles. The average molecular weight is 270 g/mol. The van der Waals surface area contributed by atoms with Crippen molar-refractivity contribution in [2.45, 2.75) is 26.7 Å². The Balaban J connectivity index is 2.39. The molecule has 1 saturated heterocycles. The molecule has 0 radical (unpaired) electrons. The molecule has 1 heterocycles. The number of hydrogen-bond donors (Lipinski definition) is 0. The van der Waals surface area contributed by atoms with Crippen LogP contribution in [0.1, 0.15) is 26.7 Å². The number of carbonyl (C=O) groups excluding carboxylic acids is 1. The van der Waals surface area contributed by atoms with Gasteiger partial charge in [0.15, 0.2) is 9.84 Å². The summed E-state index contributed by atoms with van der Waals surface area (Å²) in [6.07, 6.45) is 4.70. The molecular formula is C13H18O4S. The smallest absolute Gasteiger partial charge is 0.337 e. The van der Waals surface area contributed by atoms with E-state index in [0.29, 0.717) is 16.9 Å². The Morgan fingerprint density at radius 1 is 1.44 bits per heavy atom. The monoisotopic (exact) mass is 270 g/mol. The van der Waals surface area contributed by atoms with E-state index in [2.05, 4.69) is 4.74 Å². The van der Waals surface area contributed by atoms with Gasteiger partial charge in [-0.2, -0.15) is 0 Å². The number of fused-ring (bicyclic) bond motifs is 1. The SMILES string of the molecule is COC(=O)C1=CCC2CC(C)(C)CS(=O)(=O)C2=C1. The van der Waals surface area contributed by atoms with Crippen LogP contribution in [0.2, 0.25) is 0 Å². The van der Waals surface area contributed by atoms with Crippen LogP contribution < -0.4 is 0 Å². The van der Waals surface area contributed by atoms with Crippen LogP contribution in [0.15, 0.2) is 22.6 Å². The van der Waals surface area contributed by atoms with Gasteiger partial charge in [-0.05, 0) is 30.3 Å². The van der Waals surface area contributed by atoms with E-state index in [0.717, 1.165) is 6.42 Å². The standard InChI is InChI=1S/C13H18O4S/c1-13(2)7-10-5-4-9(12(14)17-3)6-11(10)18(15,16)8-13/h4,6,10H,5,7-8H2,1-3H3. The van der Waals surface area contributed by atoms with Crippen molar-refractivity contribution in [1.29, 1.82) is 0 Å². The molecule has 1 atom stereocenters. The second kappa shape index (κ2) is 4.23. The van der Waals surface area contributed by atoms with E-state index in [1.54, 1.807) is 6.08 Å². The van der Waals surface area contributed by atoms with Crippen LogP contribution in [0.3, 0.4) is 0 Å². The van der Waals surface area contributed by atoms with Crippen molar-refractivity contribution >= 4 is 15.8 Å². The van der Waals surface area contributed by atoms with Gasteiger partial charge < -0.3 is 4.74 Å². The fraction of sp³-hybridized carbons (Fsp3) is 0.615. The Bertz CT molecular complexity index is 537. The van der Waals surface area contributed by atoms with Crippen LogP contribution in [0.25, 0.3) is 0 Å². The third-order valence-corrected chi connectivity index (χ3v) is 5.81. The molecule has 1 fully saturated rings. The van der Waals surface area contributed by atoms with Gasteiger partial charge in [0.2, 0.25) is 0 Å². The highest BCUT2D eigenvalue weighted by molar-refractivity contribution is 7.95. The predicted octanol–water partition coefficient (Wildman–Crippen LogP) is 1.83. The lowest BCUT2D eigenvalue weighted by Gasteiger charge is -2.37. The van der Waals surface area contributed by atoms with Gasteiger partial charge in [-0.3, -0.25) is 0 Å². The van der Waals surface area contributed by atoms with Crippen LogP contribution in [0.5, 0.6) is 0 Å². The molecule has 0 bridgehead atoms. The number of carbonyl (C=O) groups is 1.